The monoisotopic (exact) mass is 540 g/mol. The van der Waals surface area contributed by atoms with Crippen molar-refractivity contribution in [2.45, 2.75) is 66.8 Å². The van der Waals surface area contributed by atoms with Gasteiger partial charge in [0.05, 0.1) is 27.4 Å². The number of hydrogen-bond donors (Lipinski definition) is 0. The molecule has 6 nitrogen and oxygen atoms in total. The molecule has 2 rings (SSSR count). The number of ether oxygens (including phenoxy) is 4. The van der Waals surface area contributed by atoms with Crippen LogP contribution in [0.4, 0.5) is 0 Å². The molecule has 0 saturated carbocycles. The summed E-state index contributed by atoms with van der Waals surface area (Å²) < 4.78 is 23.6. The molecule has 0 aliphatic heterocycles. The van der Waals surface area contributed by atoms with Crippen molar-refractivity contribution >= 4 is 34.3 Å². The van der Waals surface area contributed by atoms with E-state index in [1.807, 2.05) is 64.1 Å². The van der Waals surface area contributed by atoms with E-state index in [9.17, 15) is 9.59 Å². The zero-order valence-electron chi connectivity index (χ0n) is 18.9. The van der Waals surface area contributed by atoms with Gasteiger partial charge in [-0.1, -0.05) is 0 Å². The summed E-state index contributed by atoms with van der Waals surface area (Å²) in [6, 6.07) is 8.34. The van der Waals surface area contributed by atoms with E-state index in [0.717, 1.165) is 0 Å². The number of halogens is 1. The largest absolute Gasteiger partial charge is 0.491 e. The van der Waals surface area contributed by atoms with E-state index in [0.29, 0.717) is 26.4 Å². The predicted octanol–water partition coefficient (Wildman–Crippen LogP) is 6.07. The van der Waals surface area contributed by atoms with Crippen molar-refractivity contribution in [3.05, 3.63) is 45.0 Å². The van der Waals surface area contributed by atoms with Gasteiger partial charge in [0, 0.05) is 6.07 Å². The summed E-state index contributed by atoms with van der Waals surface area (Å²) in [5.41, 5.74) is 0.547. The lowest BCUT2D eigenvalue weighted by Crippen LogP contribution is -2.16. The first kappa shape index (κ1) is 25.0. The van der Waals surface area contributed by atoms with Gasteiger partial charge in [-0.25, -0.2) is 4.79 Å². The van der Waals surface area contributed by atoms with Gasteiger partial charge in [-0.2, -0.15) is 0 Å². The summed E-state index contributed by atoms with van der Waals surface area (Å²) in [6.45, 7) is 12.8. The van der Waals surface area contributed by atoms with Crippen molar-refractivity contribution in [1.82, 2.24) is 0 Å². The number of Topliss-reactive ketones (excluding diaryl/α,β-unsaturated/α-hetero) is 1. The Bertz CT molecular complexity index is 932. The van der Waals surface area contributed by atoms with Crippen molar-refractivity contribution in [3.8, 4) is 23.0 Å². The molecule has 2 aromatic rings. The van der Waals surface area contributed by atoms with E-state index in [1.54, 1.807) is 30.3 Å². The Morgan fingerprint density at radius 2 is 1.32 bits per heavy atom. The van der Waals surface area contributed by atoms with E-state index in [4.69, 9.17) is 18.9 Å². The van der Waals surface area contributed by atoms with E-state index in [1.165, 1.54) is 6.92 Å². The molecule has 168 valence electrons. The maximum absolute atomic E-state index is 12.9. The fraction of sp³-hybridized carbons (Fsp3) is 0.417. The number of carbonyl (C=O) groups excluding carboxylic acids is 2. The lowest BCUT2D eigenvalue weighted by molar-refractivity contribution is 0.0730. The van der Waals surface area contributed by atoms with Gasteiger partial charge >= 0.3 is 5.97 Å². The van der Waals surface area contributed by atoms with Gasteiger partial charge in [0.2, 0.25) is 0 Å². The molecular weight excluding hydrogens is 511 g/mol. The molecule has 0 heterocycles. The summed E-state index contributed by atoms with van der Waals surface area (Å²) in [5.74, 6) is 0.739. The third-order valence-corrected chi connectivity index (χ3v) is 4.91. The maximum Gasteiger partial charge on any atom is 0.343 e. The van der Waals surface area contributed by atoms with Crippen LogP contribution in [-0.4, -0.2) is 30.1 Å². The first-order chi connectivity index (χ1) is 14.5. The minimum atomic E-state index is -0.589. The van der Waals surface area contributed by atoms with Gasteiger partial charge in [-0.3, -0.25) is 4.79 Å². The van der Waals surface area contributed by atoms with Crippen LogP contribution in [0.1, 0.15) is 69.2 Å². The third kappa shape index (κ3) is 6.85. The Morgan fingerprint density at radius 3 is 1.81 bits per heavy atom. The van der Waals surface area contributed by atoms with Gasteiger partial charge < -0.3 is 18.9 Å². The van der Waals surface area contributed by atoms with Crippen LogP contribution in [0.2, 0.25) is 0 Å². The van der Waals surface area contributed by atoms with E-state index in [2.05, 4.69) is 0 Å². The summed E-state index contributed by atoms with van der Waals surface area (Å²) in [4.78, 5) is 25.4. The summed E-state index contributed by atoms with van der Waals surface area (Å²) >= 11 is 2.02. The quantitative estimate of drug-likeness (QED) is 0.166. The number of esters is 1. The minimum absolute atomic E-state index is 0.0283. The highest BCUT2D eigenvalue weighted by atomic mass is 127. The lowest BCUT2D eigenvalue weighted by atomic mass is 10.1. The summed E-state index contributed by atoms with van der Waals surface area (Å²) in [5, 5.41) is 0. The Hall–Kier alpha value is -2.29. The summed E-state index contributed by atoms with van der Waals surface area (Å²) in [7, 11) is 0. The molecule has 0 atom stereocenters. The van der Waals surface area contributed by atoms with Crippen LogP contribution < -0.4 is 18.9 Å². The molecule has 0 radical (unpaired) electrons. The second-order valence-corrected chi connectivity index (χ2v) is 8.94. The SMILES string of the molecule is CC(=O)c1c(OC(C)C)cc(OC(C)C)c(I)c1OC(=O)c1ccc(OC(C)C)cc1. The molecule has 0 spiro atoms. The average Bonchev–Trinajstić information content (AvgIpc) is 2.64. The molecular formula is C24H29IO6. The smallest absolute Gasteiger partial charge is 0.343 e. The molecule has 0 amide bonds. The van der Waals surface area contributed by atoms with Crippen LogP contribution in [0.15, 0.2) is 30.3 Å². The minimum Gasteiger partial charge on any atom is -0.491 e. The van der Waals surface area contributed by atoms with Crippen LogP contribution in [0, 0.1) is 3.57 Å². The topological polar surface area (TPSA) is 71.1 Å². The fourth-order valence-corrected chi connectivity index (χ4v) is 3.46. The molecule has 0 saturated heterocycles. The van der Waals surface area contributed by atoms with Crippen LogP contribution in [0.3, 0.4) is 0 Å². The van der Waals surface area contributed by atoms with Crippen molar-refractivity contribution in [2.24, 2.45) is 0 Å². The van der Waals surface area contributed by atoms with Gasteiger partial charge in [0.1, 0.15) is 22.8 Å². The van der Waals surface area contributed by atoms with Gasteiger partial charge in [-0.15, -0.1) is 0 Å². The molecule has 0 unspecified atom stereocenters. The molecule has 0 bridgehead atoms. The first-order valence-electron chi connectivity index (χ1n) is 10.2. The van der Waals surface area contributed by atoms with Crippen LogP contribution in [-0.2, 0) is 0 Å². The lowest BCUT2D eigenvalue weighted by Gasteiger charge is -2.21. The number of hydrogen-bond acceptors (Lipinski definition) is 6. The average molecular weight is 540 g/mol. The highest BCUT2D eigenvalue weighted by Crippen LogP contribution is 2.41. The zero-order valence-corrected chi connectivity index (χ0v) is 21.1. The predicted molar refractivity (Wildman–Crippen MR) is 128 cm³/mol. The van der Waals surface area contributed by atoms with Gasteiger partial charge in [-0.05, 0) is 95.3 Å². The standard InChI is InChI=1S/C24H29IO6/c1-13(2)28-18-10-8-17(9-11-18)24(27)31-23-21(16(7)26)19(29-14(3)4)12-20(22(23)25)30-15(5)6/h8-15H,1-7H3. The number of benzene rings is 2. The molecule has 0 aromatic heterocycles. The summed E-state index contributed by atoms with van der Waals surface area (Å²) in [6.07, 6.45) is -0.261. The fourth-order valence-electron chi connectivity index (χ4n) is 2.80. The highest BCUT2D eigenvalue weighted by molar-refractivity contribution is 14.1. The van der Waals surface area contributed by atoms with E-state index >= 15 is 0 Å². The third-order valence-electron chi connectivity index (χ3n) is 3.89. The number of rotatable bonds is 9. The molecule has 31 heavy (non-hydrogen) atoms. The van der Waals surface area contributed by atoms with Gasteiger partial charge in [0.15, 0.2) is 11.5 Å². The molecule has 0 aliphatic carbocycles. The van der Waals surface area contributed by atoms with E-state index < -0.39 is 5.97 Å². The van der Waals surface area contributed by atoms with E-state index in [-0.39, 0.29) is 35.4 Å². The second-order valence-electron chi connectivity index (χ2n) is 7.86. The Labute approximate surface area is 197 Å². The number of carbonyl (C=O) groups is 2. The van der Waals surface area contributed by atoms with Crippen LogP contribution in [0.25, 0.3) is 0 Å². The van der Waals surface area contributed by atoms with Crippen molar-refractivity contribution < 1.29 is 28.5 Å². The van der Waals surface area contributed by atoms with Crippen LogP contribution >= 0.6 is 22.6 Å². The Kier molecular flexibility index (Phi) is 8.73. The molecule has 7 heteroatoms. The van der Waals surface area contributed by atoms with Crippen molar-refractivity contribution in [3.63, 3.8) is 0 Å². The number of ketones is 1. The second kappa shape index (κ2) is 10.8. The van der Waals surface area contributed by atoms with Crippen molar-refractivity contribution in [1.29, 1.82) is 0 Å². The Morgan fingerprint density at radius 1 is 0.806 bits per heavy atom. The van der Waals surface area contributed by atoms with Crippen LogP contribution in [0.5, 0.6) is 23.0 Å². The van der Waals surface area contributed by atoms with Gasteiger partial charge in [0.25, 0.3) is 0 Å². The first-order valence-corrected chi connectivity index (χ1v) is 11.3. The zero-order chi connectivity index (χ0) is 23.3. The normalized spacial score (nSPS) is 11.1. The van der Waals surface area contributed by atoms with Crippen molar-refractivity contribution in [2.75, 3.05) is 0 Å². The Balaban J connectivity index is 2.49. The highest BCUT2D eigenvalue weighted by Gasteiger charge is 2.26. The molecule has 0 fully saturated rings. The molecule has 2 aromatic carbocycles. The maximum atomic E-state index is 12.9. The molecule has 0 N–H and O–H groups in total. The molecule has 0 aliphatic rings.